The molecule has 3 nitrogen and oxygen atoms in total. The average molecular weight is 157 g/mol. The van der Waals surface area contributed by atoms with Crippen LogP contribution in [0.15, 0.2) is 0 Å². The first-order valence-corrected chi connectivity index (χ1v) is 4.19. The Hall–Kier alpha value is -0.570. The van der Waals surface area contributed by atoms with E-state index >= 15 is 0 Å². The number of carboxylic acids is 1. The molecule has 0 saturated carbocycles. The molecule has 0 aromatic carbocycles. The highest BCUT2D eigenvalue weighted by atomic mass is 16.4. The fourth-order valence-electron chi connectivity index (χ4n) is 1.70. The number of carboxylic acid groups (broad SMARTS) is 1. The fraction of sp³-hybridized carbons (Fsp3) is 0.875. The minimum atomic E-state index is -0.645. The highest BCUT2D eigenvalue weighted by Crippen LogP contribution is 2.21. The van der Waals surface area contributed by atoms with Gasteiger partial charge in [-0.2, -0.15) is 0 Å². The van der Waals surface area contributed by atoms with Crippen LogP contribution in [-0.4, -0.2) is 24.2 Å². The lowest BCUT2D eigenvalue weighted by Gasteiger charge is -2.12. The van der Waals surface area contributed by atoms with E-state index in [1.807, 2.05) is 0 Å². The van der Waals surface area contributed by atoms with Crippen LogP contribution in [0.4, 0.5) is 0 Å². The maximum absolute atomic E-state index is 10.6. The Balaban J connectivity index is 2.44. The summed E-state index contributed by atoms with van der Waals surface area (Å²) in [7, 11) is 0. The number of hydrogen-bond acceptors (Lipinski definition) is 2. The largest absolute Gasteiger partial charge is 0.481 e. The Labute approximate surface area is 66.8 Å². The Morgan fingerprint density at radius 3 is 2.91 bits per heavy atom. The summed E-state index contributed by atoms with van der Waals surface area (Å²) in [6, 6.07) is 0. The van der Waals surface area contributed by atoms with Gasteiger partial charge in [0.05, 0.1) is 5.92 Å². The third kappa shape index (κ3) is 1.93. The van der Waals surface area contributed by atoms with Crippen LogP contribution in [0.3, 0.4) is 0 Å². The summed E-state index contributed by atoms with van der Waals surface area (Å²) < 4.78 is 0. The van der Waals surface area contributed by atoms with Gasteiger partial charge in [-0.3, -0.25) is 4.79 Å². The van der Waals surface area contributed by atoms with Gasteiger partial charge in [-0.05, 0) is 18.9 Å². The summed E-state index contributed by atoms with van der Waals surface area (Å²) in [5.41, 5.74) is 0. The van der Waals surface area contributed by atoms with Crippen molar-refractivity contribution in [3.05, 3.63) is 0 Å². The van der Waals surface area contributed by atoms with Gasteiger partial charge in [0.2, 0.25) is 0 Å². The van der Waals surface area contributed by atoms with Gasteiger partial charge in [0.15, 0.2) is 0 Å². The standard InChI is InChI=1S/C8H15NO2/c1-2-3-6-4-9-5-7(6)8(10)11/h6-7,9H,2-5H2,1H3,(H,10,11)/t6-,7?/m0/s1. The van der Waals surface area contributed by atoms with Crippen LogP contribution in [0.25, 0.3) is 0 Å². The quantitative estimate of drug-likeness (QED) is 0.634. The molecule has 64 valence electrons. The topological polar surface area (TPSA) is 49.3 Å². The lowest BCUT2D eigenvalue weighted by Crippen LogP contribution is -2.21. The molecule has 0 spiro atoms. The zero-order chi connectivity index (χ0) is 8.27. The summed E-state index contributed by atoms with van der Waals surface area (Å²) in [6.07, 6.45) is 2.11. The molecule has 0 aliphatic carbocycles. The van der Waals surface area contributed by atoms with Gasteiger partial charge in [-0.15, -0.1) is 0 Å². The Morgan fingerprint density at radius 2 is 2.36 bits per heavy atom. The maximum atomic E-state index is 10.6. The molecule has 0 bridgehead atoms. The molecule has 1 fully saturated rings. The van der Waals surface area contributed by atoms with Crippen LogP contribution in [-0.2, 0) is 4.79 Å². The lowest BCUT2D eigenvalue weighted by atomic mass is 9.92. The monoisotopic (exact) mass is 157 g/mol. The molecule has 2 atom stereocenters. The molecule has 1 aliphatic heterocycles. The predicted octanol–water partition coefficient (Wildman–Crippen LogP) is 0.707. The first-order chi connectivity index (χ1) is 5.25. The van der Waals surface area contributed by atoms with Crippen molar-refractivity contribution in [2.75, 3.05) is 13.1 Å². The number of nitrogens with one attached hydrogen (secondary N) is 1. The van der Waals surface area contributed by atoms with E-state index in [2.05, 4.69) is 12.2 Å². The summed E-state index contributed by atoms with van der Waals surface area (Å²) in [6.45, 7) is 3.63. The van der Waals surface area contributed by atoms with Crippen LogP contribution < -0.4 is 5.32 Å². The zero-order valence-corrected chi connectivity index (χ0v) is 6.84. The SMILES string of the molecule is CCC[C@H]1CNCC1C(=O)O. The Kier molecular flexibility index (Phi) is 2.88. The summed E-state index contributed by atoms with van der Waals surface area (Å²) in [5, 5.41) is 11.9. The number of carbonyl (C=O) groups is 1. The Morgan fingerprint density at radius 1 is 1.64 bits per heavy atom. The number of hydrogen-bond donors (Lipinski definition) is 2. The lowest BCUT2D eigenvalue weighted by molar-refractivity contribution is -0.142. The van der Waals surface area contributed by atoms with Crippen molar-refractivity contribution in [1.82, 2.24) is 5.32 Å². The summed E-state index contributed by atoms with van der Waals surface area (Å²) >= 11 is 0. The van der Waals surface area contributed by atoms with Crippen LogP contribution in [0.2, 0.25) is 0 Å². The minimum absolute atomic E-state index is 0.144. The molecule has 1 saturated heterocycles. The highest BCUT2D eigenvalue weighted by molar-refractivity contribution is 5.71. The molecule has 1 aliphatic rings. The molecule has 0 aromatic heterocycles. The molecule has 3 heteroatoms. The second-order valence-corrected chi connectivity index (χ2v) is 3.15. The molecule has 0 radical (unpaired) electrons. The van der Waals surface area contributed by atoms with Gasteiger partial charge in [-0.25, -0.2) is 0 Å². The molecule has 1 unspecified atom stereocenters. The maximum Gasteiger partial charge on any atom is 0.308 e. The van der Waals surface area contributed by atoms with Crippen molar-refractivity contribution in [1.29, 1.82) is 0 Å². The van der Waals surface area contributed by atoms with E-state index in [9.17, 15) is 4.79 Å². The molecule has 0 aromatic rings. The highest BCUT2D eigenvalue weighted by Gasteiger charge is 2.31. The fourth-order valence-corrected chi connectivity index (χ4v) is 1.70. The third-order valence-electron chi connectivity index (χ3n) is 2.32. The molecule has 1 rings (SSSR count). The molecular weight excluding hydrogens is 142 g/mol. The van der Waals surface area contributed by atoms with E-state index in [1.54, 1.807) is 0 Å². The average Bonchev–Trinajstić information content (AvgIpc) is 2.36. The predicted molar refractivity (Wildman–Crippen MR) is 42.4 cm³/mol. The molecule has 0 amide bonds. The normalized spacial score (nSPS) is 30.6. The minimum Gasteiger partial charge on any atom is -0.481 e. The molecule has 1 heterocycles. The van der Waals surface area contributed by atoms with E-state index in [-0.39, 0.29) is 5.92 Å². The molecule has 11 heavy (non-hydrogen) atoms. The van der Waals surface area contributed by atoms with Gasteiger partial charge >= 0.3 is 5.97 Å². The van der Waals surface area contributed by atoms with Gasteiger partial charge in [0, 0.05) is 6.54 Å². The van der Waals surface area contributed by atoms with Crippen molar-refractivity contribution in [3.8, 4) is 0 Å². The molecular formula is C8H15NO2. The van der Waals surface area contributed by atoms with Crippen molar-refractivity contribution in [2.24, 2.45) is 11.8 Å². The second-order valence-electron chi connectivity index (χ2n) is 3.15. The van der Waals surface area contributed by atoms with Crippen LogP contribution >= 0.6 is 0 Å². The Bertz CT molecular complexity index is 147. The van der Waals surface area contributed by atoms with E-state index < -0.39 is 5.97 Å². The van der Waals surface area contributed by atoms with Crippen molar-refractivity contribution < 1.29 is 9.90 Å². The van der Waals surface area contributed by atoms with Gasteiger partial charge in [-0.1, -0.05) is 13.3 Å². The second kappa shape index (κ2) is 3.72. The van der Waals surface area contributed by atoms with E-state index in [4.69, 9.17) is 5.11 Å². The summed E-state index contributed by atoms with van der Waals surface area (Å²) in [4.78, 5) is 10.6. The number of rotatable bonds is 3. The van der Waals surface area contributed by atoms with Gasteiger partial charge < -0.3 is 10.4 Å². The van der Waals surface area contributed by atoms with Gasteiger partial charge in [0.25, 0.3) is 0 Å². The first-order valence-electron chi connectivity index (χ1n) is 4.19. The van der Waals surface area contributed by atoms with E-state index in [1.165, 1.54) is 0 Å². The van der Waals surface area contributed by atoms with Crippen molar-refractivity contribution in [2.45, 2.75) is 19.8 Å². The first kappa shape index (κ1) is 8.53. The van der Waals surface area contributed by atoms with Crippen LogP contribution in [0, 0.1) is 11.8 Å². The van der Waals surface area contributed by atoms with Gasteiger partial charge in [0.1, 0.15) is 0 Å². The smallest absolute Gasteiger partial charge is 0.308 e. The van der Waals surface area contributed by atoms with Crippen LogP contribution in [0.5, 0.6) is 0 Å². The van der Waals surface area contributed by atoms with Crippen LogP contribution in [0.1, 0.15) is 19.8 Å². The van der Waals surface area contributed by atoms with Crippen molar-refractivity contribution in [3.63, 3.8) is 0 Å². The van der Waals surface area contributed by atoms with E-state index in [0.717, 1.165) is 19.4 Å². The summed E-state index contributed by atoms with van der Waals surface area (Å²) in [5.74, 6) is -0.430. The van der Waals surface area contributed by atoms with E-state index in [0.29, 0.717) is 12.5 Å². The molecule has 2 N–H and O–H groups in total. The van der Waals surface area contributed by atoms with Crippen molar-refractivity contribution >= 4 is 5.97 Å². The zero-order valence-electron chi connectivity index (χ0n) is 6.84. The number of aliphatic carboxylic acids is 1. The third-order valence-corrected chi connectivity index (χ3v) is 2.32.